The van der Waals surface area contributed by atoms with E-state index in [-0.39, 0.29) is 5.41 Å². The van der Waals surface area contributed by atoms with E-state index in [0.717, 1.165) is 28.1 Å². The SMILES string of the molecule is CC12c3ccccc3-c3cccc(c31)N(c1ccccc1)c1c2ccc2sc3ccc(-c4cc(-c5ccccc5)cc(-c5ccccc5)n4)cc3c12. The number of para-hydroxylation sites is 1. The van der Waals surface area contributed by atoms with Crippen molar-refractivity contribution in [3.63, 3.8) is 0 Å². The molecule has 0 N–H and O–H groups in total. The van der Waals surface area contributed by atoms with Crippen molar-refractivity contribution in [2.45, 2.75) is 12.3 Å². The minimum atomic E-state index is -0.292. The summed E-state index contributed by atoms with van der Waals surface area (Å²) < 4.78 is 2.57. The van der Waals surface area contributed by atoms with Crippen LogP contribution in [0.5, 0.6) is 0 Å². The van der Waals surface area contributed by atoms with Crippen LogP contribution in [-0.4, -0.2) is 4.98 Å². The molecule has 1 aliphatic heterocycles. The van der Waals surface area contributed by atoms with E-state index in [4.69, 9.17) is 4.98 Å². The van der Waals surface area contributed by atoms with E-state index in [1.165, 1.54) is 70.6 Å². The van der Waals surface area contributed by atoms with Crippen LogP contribution in [0.4, 0.5) is 17.1 Å². The second kappa shape index (κ2) is 11.1. The Hall–Kier alpha value is -6.29. The van der Waals surface area contributed by atoms with Gasteiger partial charge in [-0.15, -0.1) is 11.3 Å². The predicted octanol–water partition coefficient (Wildman–Crippen LogP) is 13.6. The molecule has 0 spiro atoms. The third-order valence-corrected chi connectivity index (χ3v) is 12.4. The zero-order valence-corrected chi connectivity index (χ0v) is 29.4. The third-order valence-electron chi connectivity index (χ3n) is 11.2. The van der Waals surface area contributed by atoms with Gasteiger partial charge in [0.2, 0.25) is 0 Å². The summed E-state index contributed by atoms with van der Waals surface area (Å²) in [7, 11) is 0. The highest BCUT2D eigenvalue weighted by Gasteiger charge is 2.48. The van der Waals surface area contributed by atoms with Crippen LogP contribution < -0.4 is 4.90 Å². The average molecular weight is 681 g/mol. The van der Waals surface area contributed by atoms with Gasteiger partial charge in [-0.1, -0.05) is 127 Å². The van der Waals surface area contributed by atoms with Crippen molar-refractivity contribution >= 4 is 48.6 Å². The minimum Gasteiger partial charge on any atom is -0.309 e. The topological polar surface area (TPSA) is 16.1 Å². The van der Waals surface area contributed by atoms with E-state index in [1.54, 1.807) is 0 Å². The lowest BCUT2D eigenvalue weighted by Crippen LogP contribution is -2.32. The van der Waals surface area contributed by atoms with Crippen LogP contribution in [-0.2, 0) is 5.41 Å². The summed E-state index contributed by atoms with van der Waals surface area (Å²) in [5.74, 6) is 0. The number of rotatable bonds is 4. The number of pyridine rings is 1. The quantitative estimate of drug-likeness (QED) is 0.184. The van der Waals surface area contributed by atoms with Gasteiger partial charge in [0.1, 0.15) is 0 Å². The van der Waals surface area contributed by atoms with Crippen LogP contribution in [0.2, 0.25) is 0 Å². The van der Waals surface area contributed by atoms with Gasteiger partial charge in [0, 0.05) is 42.4 Å². The molecular formula is C49H32N2S. The number of benzene rings is 7. The van der Waals surface area contributed by atoms with E-state index >= 15 is 0 Å². The first-order valence-corrected chi connectivity index (χ1v) is 18.7. The standard InChI is InChI=1S/C49H32N2S/c1-49-39-22-12-11-20-36(39)37-21-13-23-43(47(37)49)51(35-18-9-4-10-19-35)48-40(49)25-27-45-46(48)38-28-33(24-26-44(38)52-45)42-30-34(31-14-5-2-6-15-31)29-41(50-42)32-16-7-3-8-17-32/h2-30H,1H3. The molecule has 0 saturated heterocycles. The van der Waals surface area contributed by atoms with E-state index in [9.17, 15) is 0 Å². The first kappa shape index (κ1) is 29.4. The van der Waals surface area contributed by atoms with E-state index < -0.39 is 0 Å². The van der Waals surface area contributed by atoms with Gasteiger partial charge < -0.3 is 4.90 Å². The number of aromatic nitrogens is 1. The summed E-state index contributed by atoms with van der Waals surface area (Å²) in [5, 5.41) is 2.56. The third kappa shape index (κ3) is 4.14. The molecule has 0 amide bonds. The summed E-state index contributed by atoms with van der Waals surface area (Å²) >= 11 is 1.88. The van der Waals surface area contributed by atoms with Crippen molar-refractivity contribution in [2.24, 2.45) is 0 Å². The van der Waals surface area contributed by atoms with Crippen LogP contribution in [0.15, 0.2) is 176 Å². The zero-order chi connectivity index (χ0) is 34.4. The Bertz CT molecular complexity index is 2800. The molecule has 0 fully saturated rings. The number of anilines is 3. The Labute approximate surface area is 306 Å². The van der Waals surface area contributed by atoms with Gasteiger partial charge in [-0.25, -0.2) is 4.98 Å². The number of hydrogen-bond donors (Lipinski definition) is 0. The molecule has 11 rings (SSSR count). The lowest BCUT2D eigenvalue weighted by molar-refractivity contribution is 0.704. The Morgan fingerprint density at radius 2 is 1.15 bits per heavy atom. The van der Waals surface area contributed by atoms with Crippen molar-refractivity contribution in [3.8, 4) is 44.8 Å². The van der Waals surface area contributed by atoms with Gasteiger partial charge >= 0.3 is 0 Å². The molecule has 2 aromatic heterocycles. The van der Waals surface area contributed by atoms with Gasteiger partial charge in [-0.3, -0.25) is 0 Å². The van der Waals surface area contributed by atoms with Gasteiger partial charge in [0.05, 0.1) is 22.8 Å². The predicted molar refractivity (Wildman–Crippen MR) is 219 cm³/mol. The van der Waals surface area contributed by atoms with Gasteiger partial charge in [0.25, 0.3) is 0 Å². The highest BCUT2D eigenvalue weighted by Crippen LogP contribution is 2.64. The maximum atomic E-state index is 5.31. The Balaban J connectivity index is 1.20. The molecule has 2 nitrogen and oxygen atoms in total. The molecule has 9 aromatic rings. The first-order chi connectivity index (χ1) is 25.7. The Morgan fingerprint density at radius 3 is 1.94 bits per heavy atom. The fourth-order valence-electron chi connectivity index (χ4n) is 8.89. The molecular weight excluding hydrogens is 649 g/mol. The summed E-state index contributed by atoms with van der Waals surface area (Å²) in [6.07, 6.45) is 0. The van der Waals surface area contributed by atoms with Crippen molar-refractivity contribution in [3.05, 3.63) is 193 Å². The van der Waals surface area contributed by atoms with Crippen LogP contribution in [0.1, 0.15) is 23.6 Å². The van der Waals surface area contributed by atoms with Crippen molar-refractivity contribution in [1.82, 2.24) is 4.98 Å². The van der Waals surface area contributed by atoms with Crippen LogP contribution >= 0.6 is 11.3 Å². The normalized spacial score (nSPS) is 15.4. The lowest BCUT2D eigenvalue weighted by Gasteiger charge is -2.42. The molecule has 0 bridgehead atoms. The van der Waals surface area contributed by atoms with Gasteiger partial charge in [-0.2, -0.15) is 0 Å². The summed E-state index contributed by atoms with van der Waals surface area (Å²) in [4.78, 5) is 7.84. The molecule has 1 unspecified atom stereocenters. The number of hydrogen-bond acceptors (Lipinski definition) is 3. The van der Waals surface area contributed by atoms with Gasteiger partial charge in [-0.05, 0) is 94.4 Å². The molecule has 244 valence electrons. The van der Waals surface area contributed by atoms with E-state index in [0.29, 0.717) is 0 Å². The monoisotopic (exact) mass is 680 g/mol. The minimum absolute atomic E-state index is 0.292. The molecule has 2 aliphatic rings. The fourth-order valence-corrected chi connectivity index (χ4v) is 9.98. The Kier molecular flexibility index (Phi) is 6.29. The molecule has 3 heterocycles. The highest BCUT2D eigenvalue weighted by molar-refractivity contribution is 7.26. The van der Waals surface area contributed by atoms with Crippen LogP contribution in [0.25, 0.3) is 64.9 Å². The van der Waals surface area contributed by atoms with Crippen LogP contribution in [0.3, 0.4) is 0 Å². The summed E-state index contributed by atoms with van der Waals surface area (Å²) in [6.45, 7) is 2.44. The van der Waals surface area contributed by atoms with Gasteiger partial charge in [0.15, 0.2) is 0 Å². The summed E-state index contributed by atoms with van der Waals surface area (Å²) in [5.41, 5.74) is 16.7. The molecule has 3 heteroatoms. The summed E-state index contributed by atoms with van der Waals surface area (Å²) in [6, 6.07) is 64.1. The molecule has 1 atom stereocenters. The van der Waals surface area contributed by atoms with Crippen molar-refractivity contribution in [2.75, 3.05) is 4.90 Å². The number of nitrogens with zero attached hydrogens (tertiary/aromatic N) is 2. The smallest absolute Gasteiger partial charge is 0.0715 e. The lowest BCUT2D eigenvalue weighted by atomic mass is 9.70. The van der Waals surface area contributed by atoms with Crippen molar-refractivity contribution in [1.29, 1.82) is 0 Å². The molecule has 1 aliphatic carbocycles. The van der Waals surface area contributed by atoms with Crippen molar-refractivity contribution < 1.29 is 0 Å². The average Bonchev–Trinajstić information content (AvgIpc) is 3.72. The van der Waals surface area contributed by atoms with Crippen LogP contribution in [0, 0.1) is 0 Å². The highest BCUT2D eigenvalue weighted by atomic mass is 32.1. The maximum absolute atomic E-state index is 5.31. The largest absolute Gasteiger partial charge is 0.309 e. The maximum Gasteiger partial charge on any atom is 0.0715 e. The molecule has 52 heavy (non-hydrogen) atoms. The second-order valence-electron chi connectivity index (χ2n) is 14.0. The van der Waals surface area contributed by atoms with E-state index in [2.05, 4.69) is 188 Å². The zero-order valence-electron chi connectivity index (χ0n) is 28.5. The van der Waals surface area contributed by atoms with E-state index in [1.807, 2.05) is 11.3 Å². The number of thiophene rings is 1. The second-order valence-corrected chi connectivity index (χ2v) is 15.1. The molecule has 0 saturated carbocycles. The first-order valence-electron chi connectivity index (χ1n) is 17.9. The fraction of sp³-hybridized carbons (Fsp3) is 0.0408. The molecule has 7 aromatic carbocycles. The molecule has 0 radical (unpaired) electrons. The Morgan fingerprint density at radius 1 is 0.500 bits per heavy atom. The number of fused-ring (bicyclic) bond motifs is 9.